The summed E-state index contributed by atoms with van der Waals surface area (Å²) >= 11 is 0. The second-order valence-electron chi connectivity index (χ2n) is 8.72. The van der Waals surface area contributed by atoms with Crippen molar-refractivity contribution in [1.82, 2.24) is 4.57 Å². The molecule has 2 unspecified atom stereocenters. The van der Waals surface area contributed by atoms with Gasteiger partial charge in [-0.25, -0.2) is 9.18 Å². The van der Waals surface area contributed by atoms with Gasteiger partial charge in [-0.1, -0.05) is 30.3 Å². The fourth-order valence-corrected chi connectivity index (χ4v) is 4.39. The highest BCUT2D eigenvalue weighted by molar-refractivity contribution is 5.94. The van der Waals surface area contributed by atoms with Gasteiger partial charge in [0.05, 0.1) is 25.3 Å². The second-order valence-corrected chi connectivity index (χ2v) is 8.72. The van der Waals surface area contributed by atoms with Gasteiger partial charge in [0.15, 0.2) is 0 Å². The van der Waals surface area contributed by atoms with Crippen LogP contribution >= 0.6 is 0 Å². The maximum Gasteiger partial charge on any atom is 0.343 e. The summed E-state index contributed by atoms with van der Waals surface area (Å²) in [6.45, 7) is 3.00. The van der Waals surface area contributed by atoms with Crippen molar-refractivity contribution < 1.29 is 18.7 Å². The molecule has 6 heteroatoms. The third kappa shape index (κ3) is 4.07. The Hall–Kier alpha value is -2.99. The molecule has 2 fully saturated rings. The van der Waals surface area contributed by atoms with E-state index in [4.69, 9.17) is 9.47 Å². The Balaban J connectivity index is 1.40. The number of rotatable bonds is 8. The molecule has 0 saturated heterocycles. The zero-order valence-corrected chi connectivity index (χ0v) is 18.1. The predicted octanol–water partition coefficient (Wildman–Crippen LogP) is 4.97. The van der Waals surface area contributed by atoms with Crippen molar-refractivity contribution in [2.45, 2.75) is 44.8 Å². The van der Waals surface area contributed by atoms with Gasteiger partial charge in [-0.3, -0.25) is 4.79 Å². The molecule has 0 N–H and O–H groups in total. The Morgan fingerprint density at radius 3 is 2.69 bits per heavy atom. The molecule has 1 heterocycles. The molecule has 166 valence electrons. The number of nitrogens with zero attached hydrogens (tertiary/aromatic N) is 1. The summed E-state index contributed by atoms with van der Waals surface area (Å²) in [5, 5.41) is 0.237. The SMILES string of the molecule is CCOC(=O)c1cn(C2CC2)c2cc(C3CC3COCc3ccccc3)c(F)cc2c1=O. The van der Waals surface area contributed by atoms with E-state index in [1.165, 1.54) is 6.07 Å². The van der Waals surface area contributed by atoms with Gasteiger partial charge >= 0.3 is 5.97 Å². The fraction of sp³-hybridized carbons (Fsp3) is 0.385. The molecule has 0 radical (unpaired) electrons. The lowest BCUT2D eigenvalue weighted by Crippen LogP contribution is -2.21. The molecule has 3 aromatic rings. The van der Waals surface area contributed by atoms with E-state index in [9.17, 15) is 9.59 Å². The lowest BCUT2D eigenvalue weighted by Gasteiger charge is -2.14. The number of esters is 1. The first-order valence-electron chi connectivity index (χ1n) is 11.2. The maximum absolute atomic E-state index is 15.1. The summed E-state index contributed by atoms with van der Waals surface area (Å²) in [6, 6.07) is 13.3. The molecule has 0 spiro atoms. The van der Waals surface area contributed by atoms with E-state index >= 15 is 4.39 Å². The molecule has 0 amide bonds. The van der Waals surface area contributed by atoms with Crippen LogP contribution in [0.3, 0.4) is 0 Å². The Labute approximate surface area is 185 Å². The number of fused-ring (bicyclic) bond motifs is 1. The van der Waals surface area contributed by atoms with Crippen molar-refractivity contribution in [3.63, 3.8) is 0 Å². The van der Waals surface area contributed by atoms with Crippen molar-refractivity contribution in [3.8, 4) is 0 Å². The van der Waals surface area contributed by atoms with Crippen LogP contribution in [-0.2, 0) is 16.1 Å². The quantitative estimate of drug-likeness (QED) is 0.469. The lowest BCUT2D eigenvalue weighted by molar-refractivity contribution is 0.0524. The molecule has 2 aliphatic carbocycles. The van der Waals surface area contributed by atoms with E-state index in [1.54, 1.807) is 19.2 Å². The molecule has 32 heavy (non-hydrogen) atoms. The molecule has 2 aliphatic rings. The highest BCUT2D eigenvalue weighted by Crippen LogP contribution is 2.49. The smallest absolute Gasteiger partial charge is 0.343 e. The summed E-state index contributed by atoms with van der Waals surface area (Å²) in [4.78, 5) is 25.2. The minimum atomic E-state index is -0.656. The third-order valence-corrected chi connectivity index (χ3v) is 6.35. The van der Waals surface area contributed by atoms with Crippen molar-refractivity contribution in [2.75, 3.05) is 13.2 Å². The van der Waals surface area contributed by atoms with Gasteiger partial charge in [-0.2, -0.15) is 0 Å². The first kappa shape index (κ1) is 20.9. The number of hydrogen-bond donors (Lipinski definition) is 0. The van der Waals surface area contributed by atoms with Crippen LogP contribution < -0.4 is 5.43 Å². The largest absolute Gasteiger partial charge is 0.462 e. The molecule has 2 atom stereocenters. The maximum atomic E-state index is 15.1. The van der Waals surface area contributed by atoms with Crippen LogP contribution in [0, 0.1) is 11.7 Å². The molecule has 5 nitrogen and oxygen atoms in total. The summed E-state index contributed by atoms with van der Waals surface area (Å²) in [6.07, 6.45) is 4.42. The van der Waals surface area contributed by atoms with Gasteiger partial charge < -0.3 is 14.0 Å². The number of aromatic nitrogens is 1. The van der Waals surface area contributed by atoms with E-state index in [1.807, 2.05) is 34.9 Å². The Bertz CT molecular complexity index is 1220. The van der Waals surface area contributed by atoms with Crippen LogP contribution in [0.2, 0.25) is 0 Å². The molecule has 5 rings (SSSR count). The minimum Gasteiger partial charge on any atom is -0.462 e. The first-order valence-corrected chi connectivity index (χ1v) is 11.2. The molecular weight excluding hydrogens is 409 g/mol. The summed E-state index contributed by atoms with van der Waals surface area (Å²) < 4.78 is 27.9. The zero-order valence-electron chi connectivity index (χ0n) is 18.1. The van der Waals surface area contributed by atoms with E-state index in [2.05, 4.69) is 0 Å². The van der Waals surface area contributed by atoms with Crippen molar-refractivity contribution in [3.05, 3.63) is 81.4 Å². The number of pyridine rings is 1. The van der Waals surface area contributed by atoms with Gasteiger partial charge in [0, 0.05) is 17.6 Å². The standard InChI is InChI=1S/C26H26FNO4/c1-2-32-26(30)22-13-28(18-8-9-18)24-12-20(23(27)11-21(24)25(22)29)19-10-17(19)15-31-14-16-6-4-3-5-7-16/h3-7,11-13,17-19H,2,8-10,14-15H2,1H3. The molecule has 0 aliphatic heterocycles. The number of ether oxygens (including phenoxy) is 2. The van der Waals surface area contributed by atoms with Crippen molar-refractivity contribution >= 4 is 16.9 Å². The molecule has 2 saturated carbocycles. The molecule has 1 aromatic heterocycles. The summed E-state index contributed by atoms with van der Waals surface area (Å²) in [7, 11) is 0. The number of halogens is 1. The van der Waals surface area contributed by atoms with Gasteiger partial charge in [0.2, 0.25) is 5.43 Å². The summed E-state index contributed by atoms with van der Waals surface area (Å²) in [5.74, 6) is -0.696. The number of carbonyl (C=O) groups excluding carboxylic acids is 1. The third-order valence-electron chi connectivity index (χ3n) is 6.35. The number of benzene rings is 2. The first-order chi connectivity index (χ1) is 15.6. The summed E-state index contributed by atoms with van der Waals surface area (Å²) in [5.41, 5.74) is 1.94. The second kappa shape index (κ2) is 8.51. The Morgan fingerprint density at radius 1 is 1.19 bits per heavy atom. The monoisotopic (exact) mass is 435 g/mol. The lowest BCUT2D eigenvalue weighted by atomic mass is 10.0. The predicted molar refractivity (Wildman–Crippen MR) is 119 cm³/mol. The van der Waals surface area contributed by atoms with Gasteiger partial charge in [-0.05, 0) is 61.3 Å². The Kier molecular flexibility index (Phi) is 5.55. The topological polar surface area (TPSA) is 57.5 Å². The van der Waals surface area contributed by atoms with Gasteiger partial charge in [-0.15, -0.1) is 0 Å². The molecular formula is C26H26FNO4. The van der Waals surface area contributed by atoms with Crippen LogP contribution in [0.5, 0.6) is 0 Å². The number of hydrogen-bond acceptors (Lipinski definition) is 4. The van der Waals surface area contributed by atoms with E-state index in [0.29, 0.717) is 24.3 Å². The average molecular weight is 435 g/mol. The minimum absolute atomic E-state index is 0.0305. The van der Waals surface area contributed by atoms with E-state index in [-0.39, 0.29) is 35.4 Å². The van der Waals surface area contributed by atoms with Crippen molar-refractivity contribution in [2.24, 2.45) is 5.92 Å². The van der Waals surface area contributed by atoms with E-state index in [0.717, 1.165) is 24.8 Å². The van der Waals surface area contributed by atoms with Crippen LogP contribution in [0.4, 0.5) is 4.39 Å². The highest BCUT2D eigenvalue weighted by atomic mass is 19.1. The molecule has 2 aromatic carbocycles. The zero-order chi connectivity index (χ0) is 22.2. The highest BCUT2D eigenvalue weighted by Gasteiger charge is 2.40. The Morgan fingerprint density at radius 2 is 1.97 bits per heavy atom. The van der Waals surface area contributed by atoms with E-state index < -0.39 is 17.2 Å². The van der Waals surface area contributed by atoms with Crippen molar-refractivity contribution in [1.29, 1.82) is 0 Å². The van der Waals surface area contributed by atoms with Crippen LogP contribution in [0.15, 0.2) is 53.5 Å². The van der Waals surface area contributed by atoms with Crippen LogP contribution in [0.25, 0.3) is 10.9 Å². The fourth-order valence-electron chi connectivity index (χ4n) is 4.39. The van der Waals surface area contributed by atoms with Crippen LogP contribution in [-0.4, -0.2) is 23.8 Å². The number of carbonyl (C=O) groups is 1. The normalized spacial score (nSPS) is 19.8. The van der Waals surface area contributed by atoms with Crippen LogP contribution in [0.1, 0.15) is 59.6 Å². The average Bonchev–Trinajstić information content (AvgIpc) is 3.71. The van der Waals surface area contributed by atoms with Gasteiger partial charge in [0.1, 0.15) is 11.4 Å². The van der Waals surface area contributed by atoms with Gasteiger partial charge in [0.25, 0.3) is 0 Å². The molecule has 0 bridgehead atoms.